The first kappa shape index (κ1) is 9.95. The Hall–Kier alpha value is -1.13. The molecule has 1 heterocycles. The SMILES string of the molecule is CCc1ncc(C(F)(F)F)nc1C. The summed E-state index contributed by atoms with van der Waals surface area (Å²) in [5, 5.41) is 0. The van der Waals surface area contributed by atoms with Crippen molar-refractivity contribution in [3.63, 3.8) is 0 Å². The summed E-state index contributed by atoms with van der Waals surface area (Å²) < 4.78 is 36.3. The van der Waals surface area contributed by atoms with E-state index in [1.807, 2.05) is 6.92 Å². The summed E-state index contributed by atoms with van der Waals surface area (Å²) in [7, 11) is 0. The van der Waals surface area contributed by atoms with Crippen LogP contribution in [0.25, 0.3) is 0 Å². The molecule has 2 nitrogen and oxygen atoms in total. The summed E-state index contributed by atoms with van der Waals surface area (Å²) in [5.74, 6) is 0. The van der Waals surface area contributed by atoms with E-state index in [1.54, 1.807) is 0 Å². The summed E-state index contributed by atoms with van der Waals surface area (Å²) in [4.78, 5) is 7.11. The van der Waals surface area contributed by atoms with Gasteiger partial charge in [0.1, 0.15) is 0 Å². The maximum absolute atomic E-state index is 12.1. The largest absolute Gasteiger partial charge is 0.434 e. The molecule has 1 aromatic heterocycles. The molecule has 72 valence electrons. The second kappa shape index (κ2) is 3.32. The van der Waals surface area contributed by atoms with Gasteiger partial charge in [0, 0.05) is 0 Å². The fourth-order valence-corrected chi connectivity index (χ4v) is 0.990. The molecule has 1 aromatic rings. The molecule has 0 aliphatic rings. The van der Waals surface area contributed by atoms with Crippen LogP contribution in [-0.2, 0) is 12.6 Å². The first-order valence-electron chi connectivity index (χ1n) is 3.85. The molecule has 0 saturated heterocycles. The van der Waals surface area contributed by atoms with Crippen molar-refractivity contribution < 1.29 is 13.2 Å². The highest BCUT2D eigenvalue weighted by molar-refractivity contribution is 5.13. The number of aromatic nitrogens is 2. The number of alkyl halides is 3. The topological polar surface area (TPSA) is 25.8 Å². The molecule has 0 saturated carbocycles. The number of nitrogens with zero attached hydrogens (tertiary/aromatic N) is 2. The third-order valence-corrected chi connectivity index (χ3v) is 1.67. The molecule has 13 heavy (non-hydrogen) atoms. The molecule has 0 fully saturated rings. The Morgan fingerprint density at radius 2 is 2.00 bits per heavy atom. The maximum atomic E-state index is 12.1. The zero-order valence-electron chi connectivity index (χ0n) is 7.31. The van der Waals surface area contributed by atoms with Crippen LogP contribution in [-0.4, -0.2) is 9.97 Å². The Morgan fingerprint density at radius 1 is 1.38 bits per heavy atom. The van der Waals surface area contributed by atoms with Crippen molar-refractivity contribution in [2.24, 2.45) is 0 Å². The van der Waals surface area contributed by atoms with Gasteiger partial charge in [-0.1, -0.05) is 6.92 Å². The quantitative estimate of drug-likeness (QED) is 0.679. The monoisotopic (exact) mass is 190 g/mol. The summed E-state index contributed by atoms with van der Waals surface area (Å²) in [6.07, 6.45) is -3.03. The third kappa shape index (κ3) is 2.17. The van der Waals surface area contributed by atoms with Crippen LogP contribution in [0.1, 0.15) is 24.0 Å². The van der Waals surface area contributed by atoms with Gasteiger partial charge >= 0.3 is 6.18 Å². The van der Waals surface area contributed by atoms with Crippen molar-refractivity contribution >= 4 is 0 Å². The van der Waals surface area contributed by atoms with Crippen LogP contribution in [0.4, 0.5) is 13.2 Å². The van der Waals surface area contributed by atoms with Crippen LogP contribution in [0.15, 0.2) is 6.20 Å². The number of aryl methyl sites for hydroxylation is 2. The van der Waals surface area contributed by atoms with Crippen LogP contribution in [0.5, 0.6) is 0 Å². The smallest absolute Gasteiger partial charge is 0.257 e. The Morgan fingerprint density at radius 3 is 2.38 bits per heavy atom. The van der Waals surface area contributed by atoms with E-state index in [9.17, 15) is 13.2 Å². The van der Waals surface area contributed by atoms with Gasteiger partial charge in [0.2, 0.25) is 0 Å². The Balaban J connectivity index is 3.10. The molecule has 5 heteroatoms. The molecule has 0 bridgehead atoms. The average molecular weight is 190 g/mol. The summed E-state index contributed by atoms with van der Waals surface area (Å²) in [6.45, 7) is 3.35. The molecule has 0 aromatic carbocycles. The summed E-state index contributed by atoms with van der Waals surface area (Å²) in [6, 6.07) is 0. The normalized spacial score (nSPS) is 11.8. The van der Waals surface area contributed by atoms with Crippen LogP contribution in [0.3, 0.4) is 0 Å². The number of hydrogen-bond acceptors (Lipinski definition) is 2. The van der Waals surface area contributed by atoms with E-state index in [0.29, 0.717) is 17.8 Å². The van der Waals surface area contributed by atoms with Crippen molar-refractivity contribution in [1.29, 1.82) is 0 Å². The Labute approximate surface area is 73.8 Å². The van der Waals surface area contributed by atoms with Gasteiger partial charge in [-0.05, 0) is 13.3 Å². The molecule has 0 radical (unpaired) electrons. The highest BCUT2D eigenvalue weighted by Crippen LogP contribution is 2.27. The fourth-order valence-electron chi connectivity index (χ4n) is 0.990. The molecular weight excluding hydrogens is 181 g/mol. The minimum atomic E-state index is -4.40. The second-order valence-corrected chi connectivity index (χ2v) is 2.64. The predicted octanol–water partition coefficient (Wildman–Crippen LogP) is 2.37. The lowest BCUT2D eigenvalue weighted by Crippen LogP contribution is -2.11. The van der Waals surface area contributed by atoms with E-state index in [0.717, 1.165) is 6.20 Å². The Bertz CT molecular complexity index is 307. The fraction of sp³-hybridized carbons (Fsp3) is 0.500. The lowest BCUT2D eigenvalue weighted by Gasteiger charge is -2.07. The average Bonchev–Trinajstić information content (AvgIpc) is 2.02. The first-order valence-corrected chi connectivity index (χ1v) is 3.85. The minimum absolute atomic E-state index is 0.345. The lowest BCUT2D eigenvalue weighted by molar-refractivity contribution is -0.141. The highest BCUT2D eigenvalue weighted by atomic mass is 19.4. The molecule has 1 rings (SSSR count). The van der Waals surface area contributed by atoms with E-state index in [2.05, 4.69) is 9.97 Å². The number of rotatable bonds is 1. The maximum Gasteiger partial charge on any atom is 0.434 e. The summed E-state index contributed by atoms with van der Waals surface area (Å²) >= 11 is 0. The Kier molecular flexibility index (Phi) is 2.54. The number of hydrogen-bond donors (Lipinski definition) is 0. The molecule has 0 aliphatic heterocycles. The number of halogens is 3. The van der Waals surface area contributed by atoms with Gasteiger partial charge < -0.3 is 0 Å². The third-order valence-electron chi connectivity index (χ3n) is 1.67. The highest BCUT2D eigenvalue weighted by Gasteiger charge is 2.33. The minimum Gasteiger partial charge on any atom is -0.257 e. The standard InChI is InChI=1S/C8H9F3N2/c1-3-6-5(2)13-7(4-12-6)8(9,10)11/h4H,3H2,1-2H3. The van der Waals surface area contributed by atoms with Crippen molar-refractivity contribution in [3.8, 4) is 0 Å². The molecule has 0 amide bonds. The van der Waals surface area contributed by atoms with Crippen LogP contribution < -0.4 is 0 Å². The molecule has 0 N–H and O–H groups in total. The van der Waals surface area contributed by atoms with Gasteiger partial charge in [0.25, 0.3) is 0 Å². The zero-order valence-corrected chi connectivity index (χ0v) is 7.31. The van der Waals surface area contributed by atoms with Crippen LogP contribution in [0, 0.1) is 6.92 Å². The van der Waals surface area contributed by atoms with E-state index >= 15 is 0 Å². The van der Waals surface area contributed by atoms with Crippen molar-refractivity contribution in [3.05, 3.63) is 23.3 Å². The van der Waals surface area contributed by atoms with Gasteiger partial charge in [0.15, 0.2) is 5.69 Å². The first-order chi connectivity index (χ1) is 5.95. The zero-order chi connectivity index (χ0) is 10.1. The molecular formula is C8H9F3N2. The van der Waals surface area contributed by atoms with E-state index < -0.39 is 11.9 Å². The van der Waals surface area contributed by atoms with Gasteiger partial charge in [-0.2, -0.15) is 13.2 Å². The molecule has 0 unspecified atom stereocenters. The van der Waals surface area contributed by atoms with Crippen LogP contribution in [0.2, 0.25) is 0 Å². The van der Waals surface area contributed by atoms with Crippen molar-refractivity contribution in [2.75, 3.05) is 0 Å². The van der Waals surface area contributed by atoms with Gasteiger partial charge in [-0.25, -0.2) is 4.98 Å². The van der Waals surface area contributed by atoms with Crippen molar-refractivity contribution in [1.82, 2.24) is 9.97 Å². The molecule has 0 atom stereocenters. The van der Waals surface area contributed by atoms with Gasteiger partial charge in [-0.3, -0.25) is 4.98 Å². The van der Waals surface area contributed by atoms with Crippen LogP contribution >= 0.6 is 0 Å². The lowest BCUT2D eigenvalue weighted by atomic mass is 10.2. The molecule has 0 aliphatic carbocycles. The molecule has 0 spiro atoms. The van der Waals surface area contributed by atoms with Crippen molar-refractivity contribution in [2.45, 2.75) is 26.4 Å². The second-order valence-electron chi connectivity index (χ2n) is 2.64. The van der Waals surface area contributed by atoms with E-state index in [-0.39, 0.29) is 0 Å². The predicted molar refractivity (Wildman–Crippen MR) is 41.1 cm³/mol. The summed E-state index contributed by atoms with van der Waals surface area (Å²) in [5.41, 5.74) is 0.0209. The van der Waals surface area contributed by atoms with Gasteiger partial charge in [0.05, 0.1) is 17.6 Å². The van der Waals surface area contributed by atoms with E-state index in [4.69, 9.17) is 0 Å². The van der Waals surface area contributed by atoms with Gasteiger partial charge in [-0.15, -0.1) is 0 Å². The van der Waals surface area contributed by atoms with E-state index in [1.165, 1.54) is 6.92 Å².